The van der Waals surface area contributed by atoms with Crippen molar-refractivity contribution in [1.82, 2.24) is 9.62 Å². The number of sulfonamides is 1. The first-order chi connectivity index (χ1) is 9.00. The maximum atomic E-state index is 12.8. The van der Waals surface area contributed by atoms with Crippen LogP contribution in [0.25, 0.3) is 0 Å². The standard InChI is InChI=1S/C13H19FN2O2S/c1-16(10-11-4-6-12(14)7-5-11)19(17,18)13-3-2-8-15-9-13/h4-7,13,15H,2-3,8-10H2,1H3. The Kier molecular flexibility index (Phi) is 4.54. The average Bonchev–Trinajstić information content (AvgIpc) is 2.42. The summed E-state index contributed by atoms with van der Waals surface area (Å²) >= 11 is 0. The Labute approximate surface area is 113 Å². The van der Waals surface area contributed by atoms with Gasteiger partial charge in [-0.05, 0) is 37.1 Å². The molecule has 0 radical (unpaired) electrons. The molecular weight excluding hydrogens is 267 g/mol. The highest BCUT2D eigenvalue weighted by Crippen LogP contribution is 2.17. The van der Waals surface area contributed by atoms with Crippen molar-refractivity contribution in [2.24, 2.45) is 0 Å². The van der Waals surface area contributed by atoms with E-state index >= 15 is 0 Å². The summed E-state index contributed by atoms with van der Waals surface area (Å²) in [6.45, 7) is 1.67. The molecule has 4 nitrogen and oxygen atoms in total. The lowest BCUT2D eigenvalue weighted by Gasteiger charge is -2.27. The summed E-state index contributed by atoms with van der Waals surface area (Å²) in [6.07, 6.45) is 1.58. The molecule has 1 fully saturated rings. The summed E-state index contributed by atoms with van der Waals surface area (Å²) in [5.74, 6) is -0.314. The Morgan fingerprint density at radius 1 is 1.37 bits per heavy atom. The van der Waals surface area contributed by atoms with Crippen LogP contribution >= 0.6 is 0 Å². The van der Waals surface area contributed by atoms with Gasteiger partial charge in [0.15, 0.2) is 0 Å². The lowest BCUT2D eigenvalue weighted by molar-refractivity contribution is 0.429. The topological polar surface area (TPSA) is 49.4 Å². The number of rotatable bonds is 4. The molecule has 2 rings (SSSR count). The Bertz CT molecular complexity index is 510. The van der Waals surface area contributed by atoms with Crippen molar-refractivity contribution in [2.45, 2.75) is 24.6 Å². The number of benzene rings is 1. The van der Waals surface area contributed by atoms with E-state index in [1.807, 2.05) is 0 Å². The van der Waals surface area contributed by atoms with Crippen molar-refractivity contribution in [3.05, 3.63) is 35.6 Å². The molecule has 1 aromatic carbocycles. The van der Waals surface area contributed by atoms with Crippen LogP contribution in [-0.4, -0.2) is 38.1 Å². The summed E-state index contributed by atoms with van der Waals surface area (Å²) < 4.78 is 38.9. The lowest BCUT2D eigenvalue weighted by Crippen LogP contribution is -2.44. The van der Waals surface area contributed by atoms with Gasteiger partial charge in [0.25, 0.3) is 0 Å². The predicted octanol–water partition coefficient (Wildman–Crippen LogP) is 1.34. The number of nitrogens with zero attached hydrogens (tertiary/aromatic N) is 1. The molecule has 1 unspecified atom stereocenters. The molecule has 0 amide bonds. The summed E-state index contributed by atoms with van der Waals surface area (Å²) in [7, 11) is -1.72. The van der Waals surface area contributed by atoms with Gasteiger partial charge in [0, 0.05) is 20.1 Å². The van der Waals surface area contributed by atoms with Crippen molar-refractivity contribution in [2.75, 3.05) is 20.1 Å². The fourth-order valence-electron chi connectivity index (χ4n) is 2.27. The molecule has 1 aromatic rings. The zero-order chi connectivity index (χ0) is 13.9. The Morgan fingerprint density at radius 3 is 2.63 bits per heavy atom. The monoisotopic (exact) mass is 286 g/mol. The van der Waals surface area contributed by atoms with Crippen LogP contribution in [0.15, 0.2) is 24.3 Å². The van der Waals surface area contributed by atoms with Crippen molar-refractivity contribution in [3.63, 3.8) is 0 Å². The van der Waals surface area contributed by atoms with Crippen LogP contribution in [0.4, 0.5) is 4.39 Å². The van der Waals surface area contributed by atoms with Crippen LogP contribution in [0.2, 0.25) is 0 Å². The van der Waals surface area contributed by atoms with E-state index in [1.54, 1.807) is 19.2 Å². The van der Waals surface area contributed by atoms with Crippen LogP contribution in [-0.2, 0) is 16.6 Å². The largest absolute Gasteiger partial charge is 0.315 e. The number of hydrogen-bond donors (Lipinski definition) is 1. The van der Waals surface area contributed by atoms with Crippen molar-refractivity contribution in [3.8, 4) is 0 Å². The molecule has 0 aromatic heterocycles. The highest BCUT2D eigenvalue weighted by Gasteiger charge is 2.30. The average molecular weight is 286 g/mol. The van der Waals surface area contributed by atoms with Crippen LogP contribution in [0.1, 0.15) is 18.4 Å². The van der Waals surface area contributed by atoms with Gasteiger partial charge in [-0.1, -0.05) is 12.1 Å². The Balaban J connectivity index is 2.05. The first kappa shape index (κ1) is 14.4. The van der Waals surface area contributed by atoms with E-state index in [0.717, 1.165) is 18.5 Å². The zero-order valence-electron chi connectivity index (χ0n) is 11.0. The maximum Gasteiger partial charge on any atom is 0.218 e. The van der Waals surface area contributed by atoms with Gasteiger partial charge in [-0.25, -0.2) is 17.1 Å². The molecule has 0 aliphatic carbocycles. The Hall–Kier alpha value is -0.980. The van der Waals surface area contributed by atoms with E-state index in [1.165, 1.54) is 16.4 Å². The first-order valence-corrected chi connectivity index (χ1v) is 7.91. The molecule has 1 aliphatic heterocycles. The van der Waals surface area contributed by atoms with Crippen LogP contribution in [0.5, 0.6) is 0 Å². The Morgan fingerprint density at radius 2 is 2.05 bits per heavy atom. The van der Waals surface area contributed by atoms with Gasteiger partial charge in [-0.15, -0.1) is 0 Å². The summed E-state index contributed by atoms with van der Waals surface area (Å²) in [5.41, 5.74) is 0.788. The minimum absolute atomic E-state index is 0.277. The fourth-order valence-corrected chi connectivity index (χ4v) is 3.90. The molecule has 19 heavy (non-hydrogen) atoms. The molecular formula is C13H19FN2O2S. The van der Waals surface area contributed by atoms with E-state index in [2.05, 4.69) is 5.32 Å². The van der Waals surface area contributed by atoms with Crippen LogP contribution in [0.3, 0.4) is 0 Å². The van der Waals surface area contributed by atoms with E-state index in [4.69, 9.17) is 0 Å². The minimum Gasteiger partial charge on any atom is -0.315 e. The molecule has 1 heterocycles. The molecule has 1 N–H and O–H groups in total. The van der Waals surface area contributed by atoms with E-state index < -0.39 is 10.0 Å². The van der Waals surface area contributed by atoms with Gasteiger partial charge in [0.1, 0.15) is 5.82 Å². The maximum absolute atomic E-state index is 12.8. The highest BCUT2D eigenvalue weighted by atomic mass is 32.2. The van der Waals surface area contributed by atoms with Crippen molar-refractivity contribution in [1.29, 1.82) is 0 Å². The normalized spacial score (nSPS) is 20.7. The number of nitrogens with one attached hydrogen (secondary N) is 1. The van der Waals surface area contributed by atoms with Gasteiger partial charge in [-0.2, -0.15) is 0 Å². The smallest absolute Gasteiger partial charge is 0.218 e. The molecule has 1 atom stereocenters. The second-order valence-corrected chi connectivity index (χ2v) is 7.22. The highest BCUT2D eigenvalue weighted by molar-refractivity contribution is 7.89. The summed E-state index contributed by atoms with van der Waals surface area (Å²) in [6, 6.07) is 5.91. The molecule has 0 spiro atoms. The van der Waals surface area contributed by atoms with Gasteiger partial charge >= 0.3 is 0 Å². The predicted molar refractivity (Wildman–Crippen MR) is 72.7 cm³/mol. The van der Waals surface area contributed by atoms with Crippen molar-refractivity contribution >= 4 is 10.0 Å². The second-order valence-electron chi connectivity index (χ2n) is 4.90. The SMILES string of the molecule is CN(Cc1ccc(F)cc1)S(=O)(=O)C1CCCNC1. The molecule has 1 saturated heterocycles. The van der Waals surface area contributed by atoms with Crippen LogP contribution < -0.4 is 5.32 Å². The minimum atomic E-state index is -3.29. The third-order valence-electron chi connectivity index (χ3n) is 3.43. The quantitative estimate of drug-likeness (QED) is 0.908. The third-order valence-corrected chi connectivity index (χ3v) is 5.67. The fraction of sp³-hybridized carbons (Fsp3) is 0.538. The summed E-state index contributed by atoms with van der Waals surface area (Å²) in [5, 5.41) is 2.76. The van der Waals surface area contributed by atoms with E-state index in [9.17, 15) is 12.8 Å². The van der Waals surface area contributed by atoms with Crippen molar-refractivity contribution < 1.29 is 12.8 Å². The lowest BCUT2D eigenvalue weighted by atomic mass is 10.2. The third kappa shape index (κ3) is 3.52. The zero-order valence-corrected chi connectivity index (χ0v) is 11.8. The van der Waals surface area contributed by atoms with E-state index in [0.29, 0.717) is 13.0 Å². The molecule has 1 aliphatic rings. The first-order valence-electron chi connectivity index (χ1n) is 6.40. The second kappa shape index (κ2) is 5.98. The van der Waals surface area contributed by atoms with Gasteiger partial charge in [-0.3, -0.25) is 0 Å². The molecule has 6 heteroatoms. The van der Waals surface area contributed by atoms with Gasteiger partial charge in [0.05, 0.1) is 5.25 Å². The summed E-state index contributed by atoms with van der Waals surface area (Å²) in [4.78, 5) is 0. The molecule has 0 saturated carbocycles. The van der Waals surface area contributed by atoms with Gasteiger partial charge in [0.2, 0.25) is 10.0 Å². The number of piperidine rings is 1. The van der Waals surface area contributed by atoms with Gasteiger partial charge < -0.3 is 5.32 Å². The molecule has 106 valence electrons. The van der Waals surface area contributed by atoms with E-state index in [-0.39, 0.29) is 17.6 Å². The number of halogens is 1. The van der Waals surface area contributed by atoms with Crippen LogP contribution in [0, 0.1) is 5.82 Å². The molecule has 0 bridgehead atoms. The number of hydrogen-bond acceptors (Lipinski definition) is 3.